The highest BCUT2D eigenvalue weighted by Gasteiger charge is 2.10. The fourth-order valence-electron chi connectivity index (χ4n) is 2.11. The van der Waals surface area contributed by atoms with Crippen LogP contribution in [0.2, 0.25) is 0 Å². The van der Waals surface area contributed by atoms with Crippen molar-refractivity contribution in [1.82, 2.24) is 9.97 Å². The van der Waals surface area contributed by atoms with Crippen molar-refractivity contribution in [2.45, 2.75) is 0 Å². The molecule has 2 radical (unpaired) electrons. The molecule has 2 nitrogen and oxygen atoms in total. The second kappa shape index (κ2) is 3.86. The number of aromatic nitrogens is 2. The number of rotatable bonds is 1. The van der Waals surface area contributed by atoms with Gasteiger partial charge in [0.15, 0.2) is 11.0 Å². The molecule has 0 aliphatic carbocycles. The summed E-state index contributed by atoms with van der Waals surface area (Å²) in [4.78, 5) is 8.69. The Balaban J connectivity index is 2.13. The summed E-state index contributed by atoms with van der Waals surface area (Å²) in [5.74, 6) is 0. The molecule has 2 aromatic heterocycles. The molecule has 0 saturated heterocycles. The minimum Gasteiger partial charge on any atom is -0.233 e. The number of thiazole rings is 2. The SMILES string of the molecule is [c]1nc2c(-c3cccc4s[c]nc34)cccc2s1. The van der Waals surface area contributed by atoms with Crippen LogP contribution in [0.15, 0.2) is 36.4 Å². The molecule has 2 aromatic carbocycles. The van der Waals surface area contributed by atoms with E-state index in [0.29, 0.717) is 0 Å². The van der Waals surface area contributed by atoms with Gasteiger partial charge in [-0.25, -0.2) is 9.97 Å². The molecule has 0 saturated carbocycles. The van der Waals surface area contributed by atoms with Crippen molar-refractivity contribution < 1.29 is 0 Å². The Morgan fingerprint density at radius 3 is 1.72 bits per heavy atom. The monoisotopic (exact) mass is 266 g/mol. The number of nitrogens with zero attached hydrogens (tertiary/aromatic N) is 2. The van der Waals surface area contributed by atoms with Crippen LogP contribution in [0.1, 0.15) is 0 Å². The zero-order valence-corrected chi connectivity index (χ0v) is 10.8. The fourth-order valence-corrected chi connectivity index (χ4v) is 3.38. The predicted octanol–water partition coefficient (Wildman–Crippen LogP) is 4.17. The van der Waals surface area contributed by atoms with Gasteiger partial charge in [-0.2, -0.15) is 0 Å². The van der Waals surface area contributed by atoms with Crippen LogP contribution in [0.5, 0.6) is 0 Å². The van der Waals surface area contributed by atoms with E-state index in [4.69, 9.17) is 0 Å². The first-order chi connectivity index (χ1) is 8.93. The summed E-state index contributed by atoms with van der Waals surface area (Å²) in [5, 5.41) is 0. The third-order valence-corrected chi connectivity index (χ3v) is 4.38. The summed E-state index contributed by atoms with van der Waals surface area (Å²) in [6.07, 6.45) is 0. The number of benzene rings is 2. The van der Waals surface area contributed by atoms with Gasteiger partial charge in [0.2, 0.25) is 0 Å². The lowest BCUT2D eigenvalue weighted by molar-refractivity contribution is 1.46. The van der Waals surface area contributed by atoms with Crippen molar-refractivity contribution in [3.8, 4) is 11.1 Å². The van der Waals surface area contributed by atoms with Crippen LogP contribution >= 0.6 is 22.7 Å². The molecular weight excluding hydrogens is 260 g/mol. The zero-order chi connectivity index (χ0) is 11.9. The Kier molecular flexibility index (Phi) is 2.18. The Morgan fingerprint density at radius 1 is 0.722 bits per heavy atom. The molecule has 0 atom stereocenters. The van der Waals surface area contributed by atoms with E-state index in [2.05, 4.69) is 57.4 Å². The van der Waals surface area contributed by atoms with Crippen molar-refractivity contribution in [2.24, 2.45) is 0 Å². The van der Waals surface area contributed by atoms with E-state index in [9.17, 15) is 0 Å². The average molecular weight is 266 g/mol. The van der Waals surface area contributed by atoms with E-state index in [0.717, 1.165) is 31.6 Å². The van der Waals surface area contributed by atoms with Crippen molar-refractivity contribution in [1.29, 1.82) is 0 Å². The molecule has 0 spiro atoms. The molecule has 0 aliphatic heterocycles. The van der Waals surface area contributed by atoms with E-state index >= 15 is 0 Å². The minimum atomic E-state index is 1.00. The lowest BCUT2D eigenvalue weighted by Crippen LogP contribution is -1.82. The Hall–Kier alpha value is -1.78. The normalized spacial score (nSPS) is 11.3. The van der Waals surface area contributed by atoms with E-state index < -0.39 is 0 Å². The summed E-state index contributed by atoms with van der Waals surface area (Å²) < 4.78 is 2.31. The highest BCUT2D eigenvalue weighted by atomic mass is 32.1. The topological polar surface area (TPSA) is 25.8 Å². The Labute approximate surface area is 112 Å². The molecule has 0 bridgehead atoms. The fraction of sp³-hybridized carbons (Fsp3) is 0. The smallest absolute Gasteiger partial charge is 0.153 e. The maximum absolute atomic E-state index is 4.35. The summed E-state index contributed by atoms with van der Waals surface area (Å²) in [7, 11) is 0. The summed E-state index contributed by atoms with van der Waals surface area (Å²) in [6, 6.07) is 12.4. The lowest BCUT2D eigenvalue weighted by Gasteiger charge is -2.03. The molecule has 0 aliphatic rings. The molecule has 0 fully saturated rings. The van der Waals surface area contributed by atoms with Gasteiger partial charge in [0.1, 0.15) is 0 Å². The molecule has 0 amide bonds. The first kappa shape index (κ1) is 10.2. The minimum absolute atomic E-state index is 1.00. The van der Waals surface area contributed by atoms with Crippen LogP contribution in [0.3, 0.4) is 0 Å². The van der Waals surface area contributed by atoms with E-state index in [1.54, 1.807) is 22.7 Å². The van der Waals surface area contributed by atoms with E-state index in [1.807, 2.05) is 0 Å². The molecule has 4 heteroatoms. The maximum Gasteiger partial charge on any atom is 0.153 e. The van der Waals surface area contributed by atoms with Gasteiger partial charge in [-0.05, 0) is 12.1 Å². The molecule has 18 heavy (non-hydrogen) atoms. The highest BCUT2D eigenvalue weighted by molar-refractivity contribution is 7.16. The molecule has 84 valence electrons. The van der Waals surface area contributed by atoms with Gasteiger partial charge in [0, 0.05) is 11.1 Å². The van der Waals surface area contributed by atoms with E-state index in [-0.39, 0.29) is 0 Å². The van der Waals surface area contributed by atoms with Gasteiger partial charge in [0.25, 0.3) is 0 Å². The lowest BCUT2D eigenvalue weighted by atomic mass is 10.0. The van der Waals surface area contributed by atoms with Crippen molar-refractivity contribution in [3.63, 3.8) is 0 Å². The molecule has 4 aromatic rings. The standard InChI is InChI=1S/C14H6N2S2/c1-3-9(13-11(5-1)17-7-15-13)10-4-2-6-12-14(10)16-8-18-12/h1-6H. The third kappa shape index (κ3) is 1.39. The van der Waals surface area contributed by atoms with Crippen LogP contribution in [0.4, 0.5) is 0 Å². The highest BCUT2D eigenvalue weighted by Crippen LogP contribution is 2.34. The molecular formula is C14H6N2S2. The predicted molar refractivity (Wildman–Crippen MR) is 75.9 cm³/mol. The average Bonchev–Trinajstić information content (AvgIpc) is 3.06. The van der Waals surface area contributed by atoms with Gasteiger partial charge in [-0.15, -0.1) is 22.7 Å². The van der Waals surface area contributed by atoms with Crippen LogP contribution in [-0.4, -0.2) is 9.97 Å². The van der Waals surface area contributed by atoms with Gasteiger partial charge in [-0.1, -0.05) is 24.3 Å². The van der Waals surface area contributed by atoms with E-state index in [1.165, 1.54) is 0 Å². The van der Waals surface area contributed by atoms with Gasteiger partial charge in [-0.3, -0.25) is 0 Å². The number of fused-ring (bicyclic) bond motifs is 2. The Morgan fingerprint density at radius 2 is 1.22 bits per heavy atom. The van der Waals surface area contributed by atoms with Crippen LogP contribution in [0.25, 0.3) is 31.6 Å². The van der Waals surface area contributed by atoms with Crippen LogP contribution in [0, 0.1) is 11.0 Å². The van der Waals surface area contributed by atoms with Gasteiger partial charge in [0.05, 0.1) is 20.4 Å². The number of hydrogen-bond acceptors (Lipinski definition) is 4. The second-order valence-electron chi connectivity index (χ2n) is 3.91. The van der Waals surface area contributed by atoms with Crippen LogP contribution < -0.4 is 0 Å². The molecule has 4 rings (SSSR count). The summed E-state index contributed by atoms with van der Waals surface area (Å²) >= 11 is 3.08. The first-order valence-electron chi connectivity index (χ1n) is 5.45. The van der Waals surface area contributed by atoms with Crippen molar-refractivity contribution in [3.05, 3.63) is 47.4 Å². The molecule has 2 heterocycles. The number of para-hydroxylation sites is 2. The Bertz CT molecular complexity index is 773. The van der Waals surface area contributed by atoms with Gasteiger partial charge >= 0.3 is 0 Å². The van der Waals surface area contributed by atoms with Crippen LogP contribution in [-0.2, 0) is 0 Å². The summed E-state index contributed by atoms with van der Waals surface area (Å²) in [6.45, 7) is 0. The second-order valence-corrected chi connectivity index (χ2v) is 5.57. The summed E-state index contributed by atoms with van der Waals surface area (Å²) in [5.41, 5.74) is 10.2. The molecule has 0 unspecified atom stereocenters. The van der Waals surface area contributed by atoms with Gasteiger partial charge < -0.3 is 0 Å². The zero-order valence-electron chi connectivity index (χ0n) is 9.18. The number of hydrogen-bond donors (Lipinski definition) is 0. The maximum atomic E-state index is 4.35. The molecule has 0 N–H and O–H groups in total. The van der Waals surface area contributed by atoms with Crippen molar-refractivity contribution >= 4 is 43.1 Å². The quantitative estimate of drug-likeness (QED) is 0.516. The first-order valence-corrected chi connectivity index (χ1v) is 7.08. The van der Waals surface area contributed by atoms with Crippen molar-refractivity contribution in [2.75, 3.05) is 0 Å². The third-order valence-electron chi connectivity index (χ3n) is 2.91. The largest absolute Gasteiger partial charge is 0.233 e.